The number of carbonyl (C=O) groups is 1. The van der Waals surface area contributed by atoms with E-state index in [4.69, 9.17) is 0 Å². The van der Waals surface area contributed by atoms with Gasteiger partial charge in [0.15, 0.2) is 5.78 Å². The molecule has 8 aliphatic carbocycles. The van der Waals surface area contributed by atoms with Crippen LogP contribution in [0, 0.1) is 57.2 Å². The van der Waals surface area contributed by atoms with E-state index in [0.717, 1.165) is 93.5 Å². The third-order valence-electron chi connectivity index (χ3n) is 16.9. The second-order valence-electron chi connectivity index (χ2n) is 19.5. The number of aliphatic hydroxyl groups is 2. The van der Waals surface area contributed by atoms with Crippen LogP contribution in [0.4, 0.5) is 0 Å². The summed E-state index contributed by atoms with van der Waals surface area (Å²) in [5, 5.41) is 20.2. The van der Waals surface area contributed by atoms with Gasteiger partial charge >= 0.3 is 0 Å². The molecular formula is C49H74O3. The quantitative estimate of drug-likeness (QED) is 0.286. The number of allylic oxidation sites excluding steroid dienone is 9. The molecule has 4 fully saturated rings. The molecule has 3 heteroatoms. The summed E-state index contributed by atoms with van der Waals surface area (Å²) < 4.78 is 0. The first kappa shape index (κ1) is 39.7. The lowest BCUT2D eigenvalue weighted by Crippen LogP contribution is -2.50. The van der Waals surface area contributed by atoms with Gasteiger partial charge in [0.2, 0.25) is 0 Å². The first-order chi connectivity index (χ1) is 24.7. The summed E-state index contributed by atoms with van der Waals surface area (Å²) in [6.07, 6.45) is 32.2. The Labute approximate surface area is 318 Å². The Morgan fingerprint density at radius 3 is 1.50 bits per heavy atom. The average Bonchev–Trinajstić information content (AvgIpc) is 3.66. The van der Waals surface area contributed by atoms with E-state index in [1.54, 1.807) is 18.1 Å². The maximum absolute atomic E-state index is 12.1. The van der Waals surface area contributed by atoms with Crippen molar-refractivity contribution in [1.29, 1.82) is 0 Å². The second kappa shape index (κ2) is 15.3. The SMILES string of the molecule is C=CCC.CC(=O)C1=CCC2C3CC=C4C[C@@H](O)CCC4(C)C3CCC12C.CC/C=C(\C)C1=CCC2C3CC=C4C[C@@H](O)CCC4(C)C3CCC12C. The van der Waals surface area contributed by atoms with Gasteiger partial charge in [-0.25, -0.2) is 0 Å². The van der Waals surface area contributed by atoms with Crippen molar-refractivity contribution in [2.75, 3.05) is 0 Å². The van der Waals surface area contributed by atoms with Gasteiger partial charge < -0.3 is 10.2 Å². The van der Waals surface area contributed by atoms with E-state index in [1.165, 1.54) is 49.7 Å². The number of Topliss-reactive ketones (excluding diaryl/α,β-unsaturated/α-hetero) is 1. The van der Waals surface area contributed by atoms with E-state index in [9.17, 15) is 15.0 Å². The van der Waals surface area contributed by atoms with Crippen molar-refractivity contribution in [3.05, 3.63) is 70.9 Å². The van der Waals surface area contributed by atoms with Crippen LogP contribution in [0.5, 0.6) is 0 Å². The molecule has 0 spiro atoms. The van der Waals surface area contributed by atoms with Crippen LogP contribution in [-0.4, -0.2) is 28.2 Å². The van der Waals surface area contributed by atoms with Crippen LogP contribution in [0.25, 0.3) is 0 Å². The summed E-state index contributed by atoms with van der Waals surface area (Å²) in [6.45, 7) is 21.8. The van der Waals surface area contributed by atoms with Crippen molar-refractivity contribution < 1.29 is 15.0 Å². The highest BCUT2D eigenvalue weighted by atomic mass is 16.3. The standard InChI is InChI=1S/C24H36O.C21H30O2.C4H8/c1-5-6-16(2)20-9-10-21-19-8-7-17-15-18(25)11-13-23(17,3)22(19)12-14-24(20,21)4;1-13(22)17-6-7-18-16-5-4-14-12-15(23)8-10-20(14,2)19(16)9-11-21(17,18)3;1-3-4-2/h6-7,9,18-19,21-22,25H,5,8,10-15H2,1-4H3;4,6,15-16,18-19,23H,5,7-12H2,1-3H3;3H,1,4H2,2H3/b16-6+;;/t18-,19?,21?,22?,23?,24?;15-,16?,18?,19?,20?,21?;/m00./s1. The Morgan fingerprint density at radius 2 is 1.08 bits per heavy atom. The van der Waals surface area contributed by atoms with Gasteiger partial charge in [-0.05, 0) is 185 Å². The number of rotatable bonds is 4. The molecule has 288 valence electrons. The molecule has 0 radical (unpaired) electrons. The van der Waals surface area contributed by atoms with Crippen molar-refractivity contribution >= 4 is 5.78 Å². The first-order valence-electron chi connectivity index (χ1n) is 21.6. The molecule has 3 nitrogen and oxygen atoms in total. The van der Waals surface area contributed by atoms with Crippen LogP contribution >= 0.6 is 0 Å². The fourth-order valence-corrected chi connectivity index (χ4v) is 14.0. The zero-order valence-corrected chi connectivity index (χ0v) is 34.4. The molecule has 2 N–H and O–H groups in total. The van der Waals surface area contributed by atoms with Gasteiger partial charge in [-0.2, -0.15) is 0 Å². The van der Waals surface area contributed by atoms with Crippen molar-refractivity contribution in [2.24, 2.45) is 57.2 Å². The van der Waals surface area contributed by atoms with Crippen LogP contribution in [0.15, 0.2) is 70.9 Å². The molecule has 0 aromatic carbocycles. The number of hydrogen-bond acceptors (Lipinski definition) is 3. The van der Waals surface area contributed by atoms with Gasteiger partial charge in [0.1, 0.15) is 0 Å². The van der Waals surface area contributed by atoms with Crippen LogP contribution < -0.4 is 0 Å². The highest BCUT2D eigenvalue weighted by molar-refractivity contribution is 5.95. The zero-order chi connectivity index (χ0) is 37.6. The topological polar surface area (TPSA) is 57.5 Å². The molecule has 0 amide bonds. The lowest BCUT2D eigenvalue weighted by Gasteiger charge is -2.57. The molecule has 0 aliphatic heterocycles. The lowest BCUT2D eigenvalue weighted by atomic mass is 9.47. The van der Waals surface area contributed by atoms with E-state index in [1.807, 2.05) is 6.08 Å². The number of fused-ring (bicyclic) bond motifs is 10. The Bertz CT molecular complexity index is 1520. The molecule has 0 saturated heterocycles. The minimum atomic E-state index is -0.128. The van der Waals surface area contributed by atoms with E-state index in [2.05, 4.69) is 85.4 Å². The summed E-state index contributed by atoms with van der Waals surface area (Å²) >= 11 is 0. The van der Waals surface area contributed by atoms with Crippen LogP contribution in [0.1, 0.15) is 158 Å². The van der Waals surface area contributed by atoms with Gasteiger partial charge in [-0.3, -0.25) is 4.79 Å². The molecule has 8 rings (SSSR count). The van der Waals surface area contributed by atoms with Crippen molar-refractivity contribution in [3.63, 3.8) is 0 Å². The van der Waals surface area contributed by atoms with Crippen molar-refractivity contribution in [3.8, 4) is 0 Å². The zero-order valence-electron chi connectivity index (χ0n) is 34.4. The molecule has 10 unspecified atom stereocenters. The molecule has 0 bridgehead atoms. The van der Waals surface area contributed by atoms with Gasteiger partial charge in [0, 0.05) is 0 Å². The van der Waals surface area contributed by atoms with Gasteiger partial charge in [-0.15, -0.1) is 6.58 Å². The molecule has 0 heterocycles. The third-order valence-corrected chi connectivity index (χ3v) is 16.9. The van der Waals surface area contributed by atoms with Crippen LogP contribution in [0.2, 0.25) is 0 Å². The van der Waals surface area contributed by atoms with Gasteiger partial charge in [0.25, 0.3) is 0 Å². The summed E-state index contributed by atoms with van der Waals surface area (Å²) in [6, 6.07) is 0. The summed E-state index contributed by atoms with van der Waals surface area (Å²) in [5.74, 6) is 4.88. The first-order valence-corrected chi connectivity index (χ1v) is 21.6. The minimum Gasteiger partial charge on any atom is -0.393 e. The molecule has 12 atom stereocenters. The Morgan fingerprint density at radius 1 is 0.654 bits per heavy atom. The smallest absolute Gasteiger partial charge is 0.156 e. The number of carbonyl (C=O) groups excluding carboxylic acids is 1. The summed E-state index contributed by atoms with van der Waals surface area (Å²) in [5.41, 5.74) is 8.59. The largest absolute Gasteiger partial charge is 0.393 e. The molecule has 52 heavy (non-hydrogen) atoms. The minimum absolute atomic E-state index is 0.0914. The summed E-state index contributed by atoms with van der Waals surface area (Å²) in [4.78, 5) is 12.1. The maximum atomic E-state index is 12.1. The maximum Gasteiger partial charge on any atom is 0.156 e. The summed E-state index contributed by atoms with van der Waals surface area (Å²) in [7, 11) is 0. The molecular weight excluding hydrogens is 637 g/mol. The predicted molar refractivity (Wildman–Crippen MR) is 218 cm³/mol. The number of ketones is 1. The second-order valence-corrected chi connectivity index (χ2v) is 19.5. The average molecular weight is 711 g/mol. The molecule has 0 aromatic rings. The van der Waals surface area contributed by atoms with Crippen molar-refractivity contribution in [1.82, 2.24) is 0 Å². The predicted octanol–water partition coefficient (Wildman–Crippen LogP) is 12.2. The Hall–Kier alpha value is -1.97. The monoisotopic (exact) mass is 711 g/mol. The molecule has 0 aromatic heterocycles. The number of hydrogen-bond donors (Lipinski definition) is 2. The molecule has 8 aliphatic rings. The lowest BCUT2D eigenvalue weighted by molar-refractivity contribution is -0.115. The highest BCUT2D eigenvalue weighted by Crippen LogP contribution is 2.67. The Balaban J connectivity index is 0.000000163. The fourth-order valence-electron chi connectivity index (χ4n) is 14.0. The van der Waals surface area contributed by atoms with Gasteiger partial charge in [0.05, 0.1) is 12.2 Å². The van der Waals surface area contributed by atoms with E-state index >= 15 is 0 Å². The van der Waals surface area contributed by atoms with Crippen molar-refractivity contribution in [2.45, 2.75) is 170 Å². The highest BCUT2D eigenvalue weighted by Gasteiger charge is 2.58. The normalized spacial score (nSPS) is 44.5. The van der Waals surface area contributed by atoms with Gasteiger partial charge in [-0.1, -0.05) is 94.7 Å². The van der Waals surface area contributed by atoms with E-state index in [-0.39, 0.29) is 23.4 Å². The van der Waals surface area contributed by atoms with E-state index < -0.39 is 0 Å². The molecule has 4 saturated carbocycles. The Kier molecular flexibility index (Phi) is 11.7. The third kappa shape index (κ3) is 6.69. The number of aliphatic hydroxyl groups excluding tert-OH is 2. The van der Waals surface area contributed by atoms with Crippen LogP contribution in [-0.2, 0) is 4.79 Å². The van der Waals surface area contributed by atoms with E-state index in [0.29, 0.717) is 28.1 Å². The van der Waals surface area contributed by atoms with Crippen LogP contribution in [0.3, 0.4) is 0 Å². The fraction of sp³-hybridized carbons (Fsp3) is 0.735.